The smallest absolute Gasteiger partial charge is 0.160 e. The van der Waals surface area contributed by atoms with Crippen LogP contribution in [0.4, 0.5) is 0 Å². The van der Waals surface area contributed by atoms with E-state index in [1.807, 2.05) is 0 Å². The summed E-state index contributed by atoms with van der Waals surface area (Å²) in [6, 6.07) is 8.76. The summed E-state index contributed by atoms with van der Waals surface area (Å²) in [5, 5.41) is 4.86. The number of Topliss-reactive ketones (excluding diaryl/α,β-unsaturated/α-hetero) is 1. The lowest BCUT2D eigenvalue weighted by Gasteiger charge is -2.14. The van der Waals surface area contributed by atoms with Gasteiger partial charge in [-0.05, 0) is 63.4 Å². The van der Waals surface area contributed by atoms with E-state index in [1.165, 1.54) is 27.1 Å². The molecule has 2 aromatic carbocycles. The number of rotatable bonds is 0. The summed E-state index contributed by atoms with van der Waals surface area (Å²) in [4.78, 5) is 11.5. The molecule has 0 unspecified atom stereocenters. The molecule has 0 saturated carbocycles. The predicted molar refractivity (Wildman–Crippen MR) is 79.1 cm³/mol. The zero-order chi connectivity index (χ0) is 12.8. The summed E-state index contributed by atoms with van der Waals surface area (Å²) in [6.07, 6.45) is 11.1. The van der Waals surface area contributed by atoms with Gasteiger partial charge in [0.1, 0.15) is 0 Å². The molecule has 0 aromatic heterocycles. The van der Waals surface area contributed by atoms with Gasteiger partial charge in [0.15, 0.2) is 5.78 Å². The van der Waals surface area contributed by atoms with Gasteiger partial charge in [-0.2, -0.15) is 0 Å². The molecule has 92 valence electrons. The summed E-state index contributed by atoms with van der Waals surface area (Å²) >= 11 is 0. The molecule has 0 fully saturated rings. The van der Waals surface area contributed by atoms with E-state index < -0.39 is 0 Å². The molecule has 1 nitrogen and oxygen atoms in total. The third kappa shape index (κ3) is 1.66. The standard InChI is InChI=1S/C18H14O/c19-16-8-7-13-11-18-14(9-15(13)10-16)6-5-12-3-1-2-4-17(12)18/h1,3,5-7,9-11H,2,4,8H2. The van der Waals surface area contributed by atoms with Crippen LogP contribution in [0, 0.1) is 0 Å². The minimum atomic E-state index is 0.202. The Hall–Kier alpha value is -2.15. The lowest BCUT2D eigenvalue weighted by molar-refractivity contribution is -0.112. The molecule has 0 atom stereocenters. The van der Waals surface area contributed by atoms with Gasteiger partial charge in [-0.25, -0.2) is 0 Å². The van der Waals surface area contributed by atoms with E-state index in [0.717, 1.165) is 18.1 Å². The van der Waals surface area contributed by atoms with Gasteiger partial charge >= 0.3 is 0 Å². The van der Waals surface area contributed by atoms with Gasteiger partial charge in [-0.1, -0.05) is 30.4 Å². The molecule has 0 bridgehead atoms. The third-order valence-corrected chi connectivity index (χ3v) is 4.07. The number of hydrogen-bond acceptors (Lipinski definition) is 1. The van der Waals surface area contributed by atoms with Crippen LogP contribution in [-0.2, 0) is 11.2 Å². The Balaban J connectivity index is 2.13. The van der Waals surface area contributed by atoms with Crippen LogP contribution in [0.15, 0.2) is 30.3 Å². The Morgan fingerprint density at radius 1 is 1.05 bits per heavy atom. The SMILES string of the molecule is O=C1C=c2cc3ccc4c(c3cc2=CC1)CCC=C4. The first-order valence-corrected chi connectivity index (χ1v) is 6.78. The molecule has 2 aromatic rings. The molecule has 0 N–H and O–H groups in total. The highest BCUT2D eigenvalue weighted by atomic mass is 16.1. The Kier molecular flexibility index (Phi) is 2.22. The number of hydrogen-bond donors (Lipinski definition) is 0. The van der Waals surface area contributed by atoms with E-state index in [9.17, 15) is 4.79 Å². The summed E-state index contributed by atoms with van der Waals surface area (Å²) < 4.78 is 0. The lowest BCUT2D eigenvalue weighted by atomic mass is 9.90. The normalized spacial score (nSPS) is 16.5. The highest BCUT2D eigenvalue weighted by molar-refractivity contribution is 6.09. The van der Waals surface area contributed by atoms with Gasteiger partial charge in [0.2, 0.25) is 0 Å². The molecule has 0 aliphatic heterocycles. The molecule has 0 radical (unpaired) electrons. The molecule has 4 rings (SSSR count). The Morgan fingerprint density at radius 3 is 2.95 bits per heavy atom. The van der Waals surface area contributed by atoms with E-state index >= 15 is 0 Å². The van der Waals surface area contributed by atoms with Gasteiger partial charge in [0, 0.05) is 6.42 Å². The summed E-state index contributed by atoms with van der Waals surface area (Å²) in [6.45, 7) is 0. The van der Waals surface area contributed by atoms with Crippen molar-refractivity contribution < 1.29 is 4.79 Å². The Morgan fingerprint density at radius 2 is 2.00 bits per heavy atom. The fourth-order valence-corrected chi connectivity index (χ4v) is 3.10. The second-order valence-corrected chi connectivity index (χ2v) is 5.30. The molecule has 0 saturated heterocycles. The van der Waals surface area contributed by atoms with Gasteiger partial charge in [0.25, 0.3) is 0 Å². The molecule has 0 spiro atoms. The van der Waals surface area contributed by atoms with Crippen molar-refractivity contribution in [3.05, 3.63) is 51.9 Å². The number of carbonyl (C=O) groups is 1. The van der Waals surface area contributed by atoms with Crippen LogP contribution >= 0.6 is 0 Å². The Labute approximate surface area is 111 Å². The molecular formula is C18H14O. The van der Waals surface area contributed by atoms with Crippen LogP contribution in [-0.4, -0.2) is 5.78 Å². The molecular weight excluding hydrogens is 232 g/mol. The van der Waals surface area contributed by atoms with E-state index in [4.69, 9.17) is 0 Å². The summed E-state index contributed by atoms with van der Waals surface area (Å²) in [5.41, 5.74) is 2.79. The highest BCUT2D eigenvalue weighted by Gasteiger charge is 2.10. The van der Waals surface area contributed by atoms with Crippen molar-refractivity contribution >= 4 is 34.8 Å². The van der Waals surface area contributed by atoms with Crippen LogP contribution in [0.25, 0.3) is 29.0 Å². The number of ketones is 1. The van der Waals surface area contributed by atoms with Gasteiger partial charge < -0.3 is 0 Å². The molecule has 0 amide bonds. The van der Waals surface area contributed by atoms with E-state index in [0.29, 0.717) is 6.42 Å². The number of allylic oxidation sites excluding steroid dienone is 1. The first-order valence-electron chi connectivity index (χ1n) is 6.78. The van der Waals surface area contributed by atoms with Crippen molar-refractivity contribution in [3.63, 3.8) is 0 Å². The minimum Gasteiger partial charge on any atom is -0.294 e. The van der Waals surface area contributed by atoms with Gasteiger partial charge in [-0.15, -0.1) is 0 Å². The van der Waals surface area contributed by atoms with Crippen molar-refractivity contribution in [3.8, 4) is 0 Å². The Bertz CT molecular complexity index is 853. The van der Waals surface area contributed by atoms with E-state index in [1.54, 1.807) is 6.08 Å². The van der Waals surface area contributed by atoms with Gasteiger partial charge in [-0.3, -0.25) is 4.79 Å². The first-order chi connectivity index (χ1) is 9.31. The zero-order valence-electron chi connectivity index (χ0n) is 10.6. The predicted octanol–water partition coefficient (Wildman–Crippen LogP) is 2.33. The van der Waals surface area contributed by atoms with Crippen LogP contribution in [0.1, 0.15) is 24.0 Å². The maximum absolute atomic E-state index is 11.5. The number of fused-ring (bicyclic) bond motifs is 4. The molecule has 0 heterocycles. The second kappa shape index (κ2) is 3.92. The van der Waals surface area contributed by atoms with Crippen molar-refractivity contribution in [1.82, 2.24) is 0 Å². The number of benzene rings is 2. The van der Waals surface area contributed by atoms with Crippen molar-refractivity contribution in [1.29, 1.82) is 0 Å². The largest absolute Gasteiger partial charge is 0.294 e. The van der Waals surface area contributed by atoms with Gasteiger partial charge in [0.05, 0.1) is 0 Å². The molecule has 19 heavy (non-hydrogen) atoms. The zero-order valence-corrected chi connectivity index (χ0v) is 10.6. The van der Waals surface area contributed by atoms with Crippen molar-refractivity contribution in [2.24, 2.45) is 0 Å². The number of aryl methyl sites for hydroxylation is 1. The maximum atomic E-state index is 11.5. The van der Waals surface area contributed by atoms with E-state index in [-0.39, 0.29) is 5.78 Å². The first kappa shape index (κ1) is 10.7. The fraction of sp³-hybridized carbons (Fsp3) is 0.167. The second-order valence-electron chi connectivity index (χ2n) is 5.30. The highest BCUT2D eigenvalue weighted by Crippen LogP contribution is 2.26. The molecule has 1 heteroatoms. The lowest BCUT2D eigenvalue weighted by Crippen LogP contribution is -2.29. The topological polar surface area (TPSA) is 17.1 Å². The maximum Gasteiger partial charge on any atom is 0.160 e. The van der Waals surface area contributed by atoms with Crippen LogP contribution in [0.3, 0.4) is 0 Å². The van der Waals surface area contributed by atoms with Crippen LogP contribution in [0.2, 0.25) is 0 Å². The summed E-state index contributed by atoms with van der Waals surface area (Å²) in [7, 11) is 0. The summed E-state index contributed by atoms with van der Waals surface area (Å²) in [5.74, 6) is 0.202. The molecule has 2 aliphatic carbocycles. The average Bonchev–Trinajstić information content (AvgIpc) is 2.45. The quantitative estimate of drug-likeness (QED) is 0.697. The minimum absolute atomic E-state index is 0.202. The monoisotopic (exact) mass is 246 g/mol. The molecule has 2 aliphatic rings. The van der Waals surface area contributed by atoms with Crippen molar-refractivity contribution in [2.45, 2.75) is 19.3 Å². The number of carbonyl (C=O) groups excluding carboxylic acids is 1. The fourth-order valence-electron chi connectivity index (χ4n) is 3.10. The van der Waals surface area contributed by atoms with Crippen LogP contribution in [0.5, 0.6) is 0 Å². The van der Waals surface area contributed by atoms with Crippen LogP contribution < -0.4 is 10.4 Å². The van der Waals surface area contributed by atoms with E-state index in [2.05, 4.69) is 42.5 Å². The third-order valence-electron chi connectivity index (χ3n) is 4.07. The average molecular weight is 246 g/mol. The van der Waals surface area contributed by atoms with Crippen molar-refractivity contribution in [2.75, 3.05) is 0 Å².